The molecule has 3 N–H and O–H groups in total. The minimum Gasteiger partial charge on any atom is -0.508 e. The van der Waals surface area contributed by atoms with Gasteiger partial charge in [-0.15, -0.1) is 0 Å². The lowest BCUT2D eigenvalue weighted by atomic mass is 9.79. The Bertz CT molecular complexity index is 1820. The minimum absolute atomic E-state index is 0.0783. The van der Waals surface area contributed by atoms with Crippen LogP contribution in [0.25, 0.3) is 11.0 Å². The Labute approximate surface area is 265 Å². The average Bonchev–Trinajstić information content (AvgIpc) is 3.42. The number of benzene rings is 3. The number of phenols is 2. The molecule has 1 atom stereocenters. The molecule has 1 aliphatic carbocycles. The quantitative estimate of drug-likeness (QED) is 0.189. The normalized spacial score (nSPS) is 17.4. The van der Waals surface area contributed by atoms with Crippen molar-refractivity contribution in [3.63, 3.8) is 0 Å². The molecule has 0 bridgehead atoms. The molecule has 0 radical (unpaired) electrons. The lowest BCUT2D eigenvalue weighted by molar-refractivity contribution is -0.128. The van der Waals surface area contributed by atoms with E-state index in [1.54, 1.807) is 0 Å². The Hall–Kier alpha value is -4.56. The van der Waals surface area contributed by atoms with Crippen LogP contribution in [0.3, 0.4) is 0 Å². The number of aromatic hydroxyl groups is 2. The number of carbonyl (C=O) groups is 2. The smallest absolute Gasteiger partial charge is 0.287 e. The highest BCUT2D eigenvalue weighted by atomic mass is 35.5. The van der Waals surface area contributed by atoms with E-state index in [4.69, 9.17) is 16.0 Å². The van der Waals surface area contributed by atoms with Crippen molar-refractivity contribution in [1.82, 2.24) is 10.2 Å². The third-order valence-electron chi connectivity index (χ3n) is 8.80. The van der Waals surface area contributed by atoms with Gasteiger partial charge in [0, 0.05) is 42.7 Å². The van der Waals surface area contributed by atoms with E-state index in [0.29, 0.717) is 30.3 Å². The van der Waals surface area contributed by atoms with Crippen molar-refractivity contribution < 1.29 is 24.2 Å². The van der Waals surface area contributed by atoms with Crippen molar-refractivity contribution in [3.8, 4) is 11.5 Å². The number of phenolic OH excluding ortho intramolecular Hbond substituents is 2. The van der Waals surface area contributed by atoms with Gasteiger partial charge in [0.25, 0.3) is 5.91 Å². The predicted molar refractivity (Wildman–Crippen MR) is 173 cm³/mol. The van der Waals surface area contributed by atoms with Crippen LogP contribution >= 0.6 is 11.6 Å². The monoisotopic (exact) mass is 626 g/mol. The van der Waals surface area contributed by atoms with Crippen molar-refractivity contribution in [3.05, 3.63) is 116 Å². The molecule has 0 unspecified atom stereocenters. The zero-order chi connectivity index (χ0) is 31.5. The molecule has 45 heavy (non-hydrogen) atoms. The molecule has 1 aromatic heterocycles. The summed E-state index contributed by atoms with van der Waals surface area (Å²) in [5.74, 6) is -0.875. The summed E-state index contributed by atoms with van der Waals surface area (Å²) in [5, 5.41) is 23.5. The van der Waals surface area contributed by atoms with Gasteiger partial charge in [0.05, 0.1) is 6.04 Å². The molecule has 8 nitrogen and oxygen atoms in total. The lowest BCUT2D eigenvalue weighted by Crippen LogP contribution is -2.36. The maximum Gasteiger partial charge on any atom is 0.287 e. The molecule has 9 heteroatoms. The largest absolute Gasteiger partial charge is 0.508 e. The van der Waals surface area contributed by atoms with E-state index >= 15 is 0 Å². The Morgan fingerprint density at radius 1 is 1.02 bits per heavy atom. The molecule has 6 rings (SSSR count). The van der Waals surface area contributed by atoms with Crippen molar-refractivity contribution in [2.45, 2.75) is 63.5 Å². The molecule has 2 amide bonds. The van der Waals surface area contributed by atoms with Gasteiger partial charge in [-0.05, 0) is 73.3 Å². The number of amides is 2. The summed E-state index contributed by atoms with van der Waals surface area (Å²) < 4.78 is 5.66. The van der Waals surface area contributed by atoms with Gasteiger partial charge >= 0.3 is 0 Å². The van der Waals surface area contributed by atoms with Crippen LogP contribution in [0.1, 0.15) is 71.7 Å². The summed E-state index contributed by atoms with van der Waals surface area (Å²) in [6, 6.07) is 18.8. The molecule has 2 heterocycles. The second-order valence-corrected chi connectivity index (χ2v) is 12.4. The Balaban J connectivity index is 1.20. The lowest BCUT2D eigenvalue weighted by Gasteiger charge is -2.28. The van der Waals surface area contributed by atoms with Crippen LogP contribution in [0.5, 0.6) is 11.5 Å². The van der Waals surface area contributed by atoms with Crippen LogP contribution in [0, 0.1) is 0 Å². The van der Waals surface area contributed by atoms with Crippen molar-refractivity contribution in [1.29, 1.82) is 0 Å². The highest BCUT2D eigenvalue weighted by Gasteiger charge is 2.26. The van der Waals surface area contributed by atoms with Gasteiger partial charge in [0.2, 0.25) is 5.91 Å². The molecule has 0 spiro atoms. The summed E-state index contributed by atoms with van der Waals surface area (Å²) >= 11 is 6.10. The zero-order valence-corrected chi connectivity index (χ0v) is 25.6. The third kappa shape index (κ3) is 7.07. The zero-order valence-electron chi connectivity index (χ0n) is 24.8. The van der Waals surface area contributed by atoms with Crippen LogP contribution in [-0.2, 0) is 17.8 Å². The Kier molecular flexibility index (Phi) is 8.94. The molecule has 232 valence electrons. The summed E-state index contributed by atoms with van der Waals surface area (Å²) in [6.45, 7) is 1.48. The van der Waals surface area contributed by atoms with E-state index in [1.807, 2.05) is 35.2 Å². The van der Waals surface area contributed by atoms with Crippen molar-refractivity contribution in [2.75, 3.05) is 6.54 Å². The van der Waals surface area contributed by atoms with Gasteiger partial charge in [-0.1, -0.05) is 59.6 Å². The van der Waals surface area contributed by atoms with E-state index in [-0.39, 0.29) is 28.4 Å². The van der Waals surface area contributed by atoms with Gasteiger partial charge < -0.3 is 24.8 Å². The number of likely N-dealkylation sites (tertiary alicyclic amines) is 1. The average molecular weight is 627 g/mol. The molecule has 3 aromatic carbocycles. The number of rotatable bonds is 8. The van der Waals surface area contributed by atoms with Gasteiger partial charge in [-0.2, -0.15) is 0 Å². The number of carbonyl (C=O) groups excluding carboxylic acids is 2. The van der Waals surface area contributed by atoms with Crippen LogP contribution in [0.2, 0.25) is 5.02 Å². The third-order valence-corrected chi connectivity index (χ3v) is 9.05. The number of allylic oxidation sites excluding steroid dienone is 1. The summed E-state index contributed by atoms with van der Waals surface area (Å²) in [5.41, 5.74) is 4.09. The number of nitrogens with one attached hydrogen (secondary N) is 1. The van der Waals surface area contributed by atoms with Crippen LogP contribution < -0.4 is 10.7 Å². The topological polar surface area (TPSA) is 120 Å². The summed E-state index contributed by atoms with van der Waals surface area (Å²) in [4.78, 5) is 40.3. The Morgan fingerprint density at radius 3 is 2.51 bits per heavy atom. The summed E-state index contributed by atoms with van der Waals surface area (Å²) in [6.07, 6.45) is 7.84. The Morgan fingerprint density at radius 2 is 1.78 bits per heavy atom. The van der Waals surface area contributed by atoms with Crippen LogP contribution in [-0.4, -0.2) is 39.5 Å². The number of nitrogens with zero attached hydrogens (tertiary/aromatic N) is 1. The number of halogens is 1. The fourth-order valence-corrected chi connectivity index (χ4v) is 6.66. The standard InChI is InChI=1S/C36H35ClN2O6/c37-26-13-9-23(10-14-26)17-27(38-36(44)33-20-31(42)35-30(41)18-28(40)19-32(35)45-33)16-22-7-11-24(12-8-22)29-5-2-1-4-25(29)21-39-15-3-6-34(39)43/h1-2,4-5,9-10,13-14,16,18-20,24,27,40-41H,3,6-8,11-12,15,17,21H2,(H,38,44)/t24?,27-/m1/s1. The first-order chi connectivity index (χ1) is 21.7. The molecule has 1 aliphatic heterocycles. The van der Waals surface area contributed by atoms with E-state index in [9.17, 15) is 24.6 Å². The second-order valence-electron chi connectivity index (χ2n) is 11.9. The molecule has 2 aliphatic rings. The molecule has 1 saturated carbocycles. The minimum atomic E-state index is -0.584. The van der Waals surface area contributed by atoms with Gasteiger partial charge in [-0.25, -0.2) is 0 Å². The predicted octanol–water partition coefficient (Wildman–Crippen LogP) is 6.61. The van der Waals surface area contributed by atoms with E-state index in [1.165, 1.54) is 22.8 Å². The van der Waals surface area contributed by atoms with Crippen molar-refractivity contribution in [2.24, 2.45) is 0 Å². The van der Waals surface area contributed by atoms with E-state index in [0.717, 1.165) is 56.3 Å². The first kappa shape index (κ1) is 30.5. The fourth-order valence-electron chi connectivity index (χ4n) is 6.54. The van der Waals surface area contributed by atoms with Gasteiger partial charge in [0.1, 0.15) is 22.5 Å². The van der Waals surface area contributed by atoms with Crippen molar-refractivity contribution >= 4 is 34.4 Å². The number of hydrogen-bond acceptors (Lipinski definition) is 6. The van der Waals surface area contributed by atoms with E-state index < -0.39 is 23.1 Å². The summed E-state index contributed by atoms with van der Waals surface area (Å²) in [7, 11) is 0. The number of fused-ring (bicyclic) bond motifs is 1. The molecule has 2 fully saturated rings. The van der Waals surface area contributed by atoms with E-state index in [2.05, 4.69) is 29.6 Å². The second kappa shape index (κ2) is 13.2. The molecular formula is C36H35ClN2O6. The highest BCUT2D eigenvalue weighted by molar-refractivity contribution is 6.30. The van der Waals surface area contributed by atoms with Crippen LogP contribution in [0.4, 0.5) is 0 Å². The SMILES string of the molecule is O=C(N[C@H](C=C1CCC(c2ccccc2CN2CCCC2=O)CC1)Cc1ccc(Cl)cc1)c1cc(=O)c2c(O)cc(O)cc2o1. The number of hydrogen-bond donors (Lipinski definition) is 3. The molecule has 1 saturated heterocycles. The van der Waals surface area contributed by atoms with Crippen LogP contribution in [0.15, 0.2) is 87.6 Å². The maximum atomic E-state index is 13.4. The first-order valence-corrected chi connectivity index (χ1v) is 15.7. The van der Waals surface area contributed by atoms with Gasteiger partial charge in [0.15, 0.2) is 11.2 Å². The molecular weight excluding hydrogens is 592 g/mol. The first-order valence-electron chi connectivity index (χ1n) is 15.3. The fraction of sp³-hybridized carbons (Fsp3) is 0.306. The van der Waals surface area contributed by atoms with Gasteiger partial charge in [-0.3, -0.25) is 14.4 Å². The maximum absolute atomic E-state index is 13.4. The molecule has 4 aromatic rings. The highest BCUT2D eigenvalue weighted by Crippen LogP contribution is 2.38.